The molecule has 0 radical (unpaired) electrons. The van der Waals surface area contributed by atoms with Crippen LogP contribution in [-0.4, -0.2) is 106 Å². The maximum absolute atomic E-state index is 14.0. The number of piperidine rings is 1. The molecule has 1 aliphatic heterocycles. The largest absolute Gasteiger partial charge is 0.573 e. The van der Waals surface area contributed by atoms with Gasteiger partial charge in [-0.2, -0.15) is 0 Å². The number of fused-ring (bicyclic) bond motifs is 3. The SMILES string of the molecule is CNCC(=O)N1CCCCC1c1cc(O)c2c(c1OC(F)(F)F)C[C@H]1C[C@H]3[C@H](N(C)C)C(O)=C(C(N)=O)C(=O)[C@@]3(O)C(O)=C1C2=O. The Morgan fingerprint density at radius 2 is 1.87 bits per heavy atom. The maximum Gasteiger partial charge on any atom is 0.573 e. The average Bonchev–Trinajstić information content (AvgIpc) is 2.95. The molecule has 7 N–H and O–H groups in total. The number of carbonyl (C=O) groups is 4. The lowest BCUT2D eigenvalue weighted by Crippen LogP contribution is -2.63. The van der Waals surface area contributed by atoms with E-state index in [1.165, 1.54) is 23.9 Å². The molecular weight excluding hydrogens is 617 g/mol. The zero-order valence-corrected chi connectivity index (χ0v) is 25.3. The lowest BCUT2D eigenvalue weighted by molar-refractivity contribution is -0.275. The van der Waals surface area contributed by atoms with Gasteiger partial charge < -0.3 is 41.1 Å². The van der Waals surface area contributed by atoms with E-state index >= 15 is 0 Å². The van der Waals surface area contributed by atoms with Crippen molar-refractivity contribution in [3.63, 3.8) is 0 Å². The topological polar surface area (TPSA) is 203 Å². The Hall–Kier alpha value is -4.15. The summed E-state index contributed by atoms with van der Waals surface area (Å²) in [6.07, 6.45) is -4.57. The second-order valence-corrected chi connectivity index (χ2v) is 12.3. The van der Waals surface area contributed by atoms with E-state index in [9.17, 15) is 52.8 Å². The first-order valence-electron chi connectivity index (χ1n) is 14.7. The number of rotatable bonds is 6. The van der Waals surface area contributed by atoms with Crippen molar-refractivity contribution < 1.29 is 57.5 Å². The molecule has 1 aromatic carbocycles. The number of carbonyl (C=O) groups excluding carboxylic acids is 4. The highest BCUT2D eigenvalue weighted by molar-refractivity contribution is 6.24. The van der Waals surface area contributed by atoms with Gasteiger partial charge in [0.15, 0.2) is 11.4 Å². The molecule has 0 saturated carbocycles. The minimum Gasteiger partial charge on any atom is -0.510 e. The average molecular weight is 653 g/mol. The van der Waals surface area contributed by atoms with Crippen LogP contribution in [0.15, 0.2) is 28.7 Å². The van der Waals surface area contributed by atoms with Gasteiger partial charge in [-0.3, -0.25) is 24.1 Å². The Morgan fingerprint density at radius 1 is 1.20 bits per heavy atom. The summed E-state index contributed by atoms with van der Waals surface area (Å²) >= 11 is 0. The second kappa shape index (κ2) is 11.6. The van der Waals surface area contributed by atoms with Gasteiger partial charge in [0, 0.05) is 29.2 Å². The predicted octanol–water partition coefficient (Wildman–Crippen LogP) is 1.29. The Morgan fingerprint density at radius 3 is 2.46 bits per heavy atom. The normalized spacial score (nSPS) is 28.2. The quantitative estimate of drug-likeness (QED) is 0.242. The Labute approximate surface area is 261 Å². The molecule has 3 aliphatic carbocycles. The van der Waals surface area contributed by atoms with Crippen molar-refractivity contribution in [3.05, 3.63) is 45.4 Å². The van der Waals surface area contributed by atoms with Gasteiger partial charge in [-0.1, -0.05) is 0 Å². The highest BCUT2D eigenvalue weighted by atomic mass is 19.4. The van der Waals surface area contributed by atoms with E-state index in [1.807, 2.05) is 0 Å². The summed E-state index contributed by atoms with van der Waals surface area (Å²) in [5.41, 5.74) is -0.183. The van der Waals surface area contributed by atoms with Gasteiger partial charge in [0.25, 0.3) is 5.91 Å². The van der Waals surface area contributed by atoms with Crippen LogP contribution in [0.4, 0.5) is 13.2 Å². The number of phenols is 1. The number of allylic oxidation sites excluding steroid dienone is 1. The van der Waals surface area contributed by atoms with E-state index in [0.717, 1.165) is 6.07 Å². The molecule has 16 heteroatoms. The third kappa shape index (κ3) is 5.08. The van der Waals surface area contributed by atoms with Gasteiger partial charge >= 0.3 is 6.36 Å². The van der Waals surface area contributed by atoms with Crippen molar-refractivity contribution in [1.82, 2.24) is 15.1 Å². The van der Waals surface area contributed by atoms with Gasteiger partial charge in [-0.25, -0.2) is 0 Å². The number of hydrogen-bond acceptors (Lipinski definition) is 11. The number of nitrogens with two attached hydrogens (primary N) is 1. The molecule has 1 fully saturated rings. The van der Waals surface area contributed by atoms with Gasteiger partial charge in [0.2, 0.25) is 11.7 Å². The molecule has 2 amide bonds. The highest BCUT2D eigenvalue weighted by Gasteiger charge is 2.63. The summed E-state index contributed by atoms with van der Waals surface area (Å²) < 4.78 is 46.5. The van der Waals surface area contributed by atoms with Crippen molar-refractivity contribution in [2.24, 2.45) is 17.6 Å². The van der Waals surface area contributed by atoms with Gasteiger partial charge in [0.05, 0.1) is 24.2 Å². The van der Waals surface area contributed by atoms with Crippen LogP contribution in [0.2, 0.25) is 0 Å². The molecular formula is C30H35F3N4O9. The Kier molecular flexibility index (Phi) is 8.36. The zero-order valence-electron chi connectivity index (χ0n) is 25.3. The van der Waals surface area contributed by atoms with Crippen LogP contribution < -0.4 is 15.8 Å². The fraction of sp³-hybridized carbons (Fsp3) is 0.533. The summed E-state index contributed by atoms with van der Waals surface area (Å²) in [5.74, 6) is -10.3. The molecule has 46 heavy (non-hydrogen) atoms. The highest BCUT2D eigenvalue weighted by Crippen LogP contribution is 2.55. The lowest BCUT2D eigenvalue weighted by Gasteiger charge is -2.50. The second-order valence-electron chi connectivity index (χ2n) is 12.3. The number of ketones is 2. The molecule has 5 rings (SSSR count). The maximum atomic E-state index is 14.0. The van der Waals surface area contributed by atoms with Crippen LogP contribution in [0.25, 0.3) is 0 Å². The molecule has 1 unspecified atom stereocenters. The molecule has 250 valence electrons. The number of halogens is 3. The van der Waals surface area contributed by atoms with Crippen molar-refractivity contribution in [1.29, 1.82) is 0 Å². The van der Waals surface area contributed by atoms with E-state index in [0.29, 0.717) is 12.8 Å². The van der Waals surface area contributed by atoms with Gasteiger partial charge in [-0.15, -0.1) is 13.2 Å². The number of primary amides is 1. The van der Waals surface area contributed by atoms with Crippen molar-refractivity contribution in [2.45, 2.75) is 56.2 Å². The molecule has 5 atom stereocenters. The summed E-state index contributed by atoms with van der Waals surface area (Å²) in [7, 11) is 4.46. The number of nitrogens with zero attached hydrogens (tertiary/aromatic N) is 2. The zero-order chi connectivity index (χ0) is 34.0. The Bertz CT molecular complexity index is 1590. The number of phenolic OH excluding ortho intramolecular Hbond substituents is 1. The van der Waals surface area contributed by atoms with Crippen LogP contribution in [0, 0.1) is 11.8 Å². The smallest absolute Gasteiger partial charge is 0.510 e. The number of hydrogen-bond donors (Lipinski definition) is 6. The summed E-state index contributed by atoms with van der Waals surface area (Å²) in [6, 6.07) is -1.26. The standard InChI is InChI=1S/C30H35F3N4O9/c1-35-11-18(39)37-7-5-4-6-16(37)13-10-17(38)20-14(25(13)46-30(31,32)33)8-12-9-15-22(36(2)3)24(41)21(28(34)44)27(43)29(15,45)26(42)19(12)23(20)40/h10,12,15-16,22,35,38,41-42,45H,4-9,11H2,1-3H3,(H2,34,44)/t12-,15-,16?,22-,29-/m0/s1. The van der Waals surface area contributed by atoms with Crippen molar-refractivity contribution in [3.8, 4) is 11.5 Å². The third-order valence-corrected chi connectivity index (χ3v) is 9.43. The number of nitrogens with one attached hydrogen (secondary N) is 1. The van der Waals surface area contributed by atoms with Gasteiger partial charge in [-0.05, 0) is 65.2 Å². The van der Waals surface area contributed by atoms with Crippen molar-refractivity contribution >= 4 is 23.4 Å². The molecule has 0 aromatic heterocycles. The number of alkyl halides is 3. The minimum absolute atomic E-state index is 0.0916. The number of aromatic hydroxyl groups is 1. The third-order valence-electron chi connectivity index (χ3n) is 9.43. The fourth-order valence-electron chi connectivity index (χ4n) is 7.62. The molecule has 0 bridgehead atoms. The summed E-state index contributed by atoms with van der Waals surface area (Å²) in [5, 5.41) is 48.0. The van der Waals surface area contributed by atoms with E-state index < -0.39 is 99.5 Å². The van der Waals surface area contributed by atoms with Crippen LogP contribution in [0.3, 0.4) is 0 Å². The van der Waals surface area contributed by atoms with E-state index in [-0.39, 0.29) is 43.0 Å². The number of likely N-dealkylation sites (N-methyl/N-ethyl adjacent to an activating group) is 2. The molecule has 1 saturated heterocycles. The number of ether oxygens (including phenoxy) is 1. The number of benzene rings is 1. The molecule has 1 aromatic rings. The molecule has 13 nitrogen and oxygen atoms in total. The summed E-state index contributed by atoms with van der Waals surface area (Å²) in [4.78, 5) is 55.3. The predicted molar refractivity (Wildman–Crippen MR) is 153 cm³/mol. The number of aliphatic hydroxyl groups is 3. The number of aliphatic hydroxyl groups excluding tert-OH is 2. The van der Waals surface area contributed by atoms with E-state index in [2.05, 4.69) is 10.1 Å². The first-order chi connectivity index (χ1) is 21.4. The first kappa shape index (κ1) is 33.2. The lowest BCUT2D eigenvalue weighted by atomic mass is 9.58. The van der Waals surface area contributed by atoms with E-state index in [1.54, 1.807) is 7.05 Å². The molecule has 4 aliphatic rings. The number of amides is 2. The monoisotopic (exact) mass is 652 g/mol. The Balaban J connectivity index is 1.72. The molecule has 1 heterocycles. The van der Waals surface area contributed by atoms with Crippen LogP contribution in [-0.2, 0) is 20.8 Å². The summed E-state index contributed by atoms with van der Waals surface area (Å²) in [6.45, 7) is 0.146. The fourth-order valence-corrected chi connectivity index (χ4v) is 7.62. The number of likely N-dealkylation sites (tertiary alicyclic amines) is 1. The van der Waals surface area contributed by atoms with Crippen molar-refractivity contribution in [2.75, 3.05) is 34.2 Å². The molecule has 0 spiro atoms. The van der Waals surface area contributed by atoms with Gasteiger partial charge in [0.1, 0.15) is 28.6 Å². The minimum atomic E-state index is -5.24. The van der Waals surface area contributed by atoms with Crippen LogP contribution in [0.1, 0.15) is 53.2 Å². The van der Waals surface area contributed by atoms with Crippen LogP contribution in [0.5, 0.6) is 11.5 Å². The first-order valence-corrected chi connectivity index (χ1v) is 14.7. The van der Waals surface area contributed by atoms with Crippen LogP contribution >= 0.6 is 0 Å². The van der Waals surface area contributed by atoms with E-state index in [4.69, 9.17) is 5.73 Å². The number of Topliss-reactive ketones (excluding diaryl/α,β-unsaturated/α-hetero) is 2.